The number of nitrogens with one attached hydrogen (secondary N) is 1. The molecule has 0 aliphatic carbocycles. The van der Waals surface area contributed by atoms with E-state index in [0.29, 0.717) is 27.1 Å². The molecule has 7 heteroatoms. The van der Waals surface area contributed by atoms with Crippen molar-refractivity contribution in [2.75, 3.05) is 0 Å². The number of thiazole rings is 1. The number of aromatic nitrogens is 3. The Morgan fingerprint density at radius 3 is 2.56 bits per heavy atom. The molecule has 0 aliphatic heterocycles. The first-order chi connectivity index (χ1) is 15.5. The quantitative estimate of drug-likeness (QED) is 0.310. The molecule has 5 rings (SSSR count). The molecule has 3 aromatic carbocycles. The number of hydrogen-bond donors (Lipinski definition) is 1. The Bertz CT molecular complexity index is 1500. The minimum Gasteiger partial charge on any atom is -0.288 e. The van der Waals surface area contributed by atoms with Crippen molar-refractivity contribution in [1.82, 2.24) is 14.8 Å². The molecule has 32 heavy (non-hydrogen) atoms. The summed E-state index contributed by atoms with van der Waals surface area (Å²) in [5.41, 5.74) is 5.00. The molecule has 5 aromatic rings. The lowest BCUT2D eigenvalue weighted by Crippen LogP contribution is -2.19. The van der Waals surface area contributed by atoms with Gasteiger partial charge in [0.1, 0.15) is 0 Å². The molecule has 0 atom stereocenters. The maximum Gasteiger partial charge on any atom is 0.283 e. The highest BCUT2D eigenvalue weighted by atomic mass is 35.5. The molecule has 0 radical (unpaired) electrons. The van der Waals surface area contributed by atoms with Crippen LogP contribution in [0.1, 0.15) is 18.1 Å². The number of benzene rings is 3. The van der Waals surface area contributed by atoms with Crippen LogP contribution in [0.3, 0.4) is 0 Å². The van der Waals surface area contributed by atoms with Crippen LogP contribution in [0.2, 0.25) is 5.02 Å². The van der Waals surface area contributed by atoms with Crippen molar-refractivity contribution in [3.05, 3.63) is 99.3 Å². The molecule has 0 fully saturated rings. The topological polar surface area (TPSA) is 63.0 Å². The van der Waals surface area contributed by atoms with Crippen LogP contribution in [-0.4, -0.2) is 20.5 Å². The number of fused-ring (bicyclic) bond motifs is 1. The second kappa shape index (κ2) is 8.22. The summed E-state index contributed by atoms with van der Waals surface area (Å²) in [6.07, 6.45) is 0. The molecule has 1 N–H and O–H groups in total. The summed E-state index contributed by atoms with van der Waals surface area (Å²) in [4.78, 5) is 23.0. The SMILES string of the molecule is CC(=Nc1cccc(Cl)c1C)c1c(-c2ccccc2)[nH]n(-c2nc3ccccc3s2)c1=O. The van der Waals surface area contributed by atoms with Gasteiger partial charge in [-0.3, -0.25) is 14.9 Å². The van der Waals surface area contributed by atoms with Crippen molar-refractivity contribution < 1.29 is 0 Å². The number of aromatic amines is 1. The van der Waals surface area contributed by atoms with Crippen LogP contribution >= 0.6 is 22.9 Å². The minimum absolute atomic E-state index is 0.191. The van der Waals surface area contributed by atoms with Gasteiger partial charge in [-0.1, -0.05) is 71.5 Å². The van der Waals surface area contributed by atoms with Crippen molar-refractivity contribution in [1.29, 1.82) is 0 Å². The van der Waals surface area contributed by atoms with Gasteiger partial charge in [-0.05, 0) is 43.7 Å². The van der Waals surface area contributed by atoms with Gasteiger partial charge in [-0.2, -0.15) is 4.68 Å². The summed E-state index contributed by atoms with van der Waals surface area (Å²) in [6, 6.07) is 23.2. The summed E-state index contributed by atoms with van der Waals surface area (Å²) in [6.45, 7) is 3.77. The first kappa shape index (κ1) is 20.4. The Balaban J connectivity index is 1.73. The first-order valence-corrected chi connectivity index (χ1v) is 11.3. The Morgan fingerprint density at radius 1 is 1.03 bits per heavy atom. The van der Waals surface area contributed by atoms with Gasteiger partial charge < -0.3 is 0 Å². The molecular weight excluding hydrogens is 440 g/mol. The molecule has 5 nitrogen and oxygen atoms in total. The lowest BCUT2D eigenvalue weighted by molar-refractivity contribution is 0.845. The third-order valence-corrected chi connectivity index (χ3v) is 6.75. The van der Waals surface area contributed by atoms with E-state index in [-0.39, 0.29) is 5.56 Å². The molecular formula is C25H19ClN4OS. The van der Waals surface area contributed by atoms with Gasteiger partial charge >= 0.3 is 0 Å². The van der Waals surface area contributed by atoms with Crippen LogP contribution in [0.5, 0.6) is 0 Å². The molecule has 2 aromatic heterocycles. The summed E-state index contributed by atoms with van der Waals surface area (Å²) in [5.74, 6) is 0. The molecule has 0 aliphatic rings. The average molecular weight is 459 g/mol. The van der Waals surface area contributed by atoms with Crippen molar-refractivity contribution in [2.45, 2.75) is 13.8 Å². The molecule has 0 unspecified atom stereocenters. The fourth-order valence-electron chi connectivity index (χ4n) is 3.63. The van der Waals surface area contributed by atoms with E-state index in [1.165, 1.54) is 16.0 Å². The Hall–Kier alpha value is -3.48. The molecule has 0 amide bonds. The standard InChI is InChI=1S/C25H19ClN4OS/c1-15-18(26)11-8-13-19(15)27-16(2)22-23(17-9-4-3-5-10-17)29-30(24(22)31)25-28-20-12-6-7-14-21(20)32-25/h3-14,29H,1-2H3. The summed E-state index contributed by atoms with van der Waals surface area (Å²) in [5, 5.41) is 4.51. The summed E-state index contributed by atoms with van der Waals surface area (Å²) >= 11 is 7.74. The van der Waals surface area contributed by atoms with Crippen molar-refractivity contribution in [3.63, 3.8) is 0 Å². The number of nitrogens with zero attached hydrogens (tertiary/aromatic N) is 3. The lowest BCUT2D eigenvalue weighted by atomic mass is 10.1. The highest BCUT2D eigenvalue weighted by molar-refractivity contribution is 7.20. The summed E-state index contributed by atoms with van der Waals surface area (Å²) in [7, 11) is 0. The van der Waals surface area contributed by atoms with Gasteiger partial charge in [0.05, 0.1) is 32.9 Å². The third-order valence-electron chi connectivity index (χ3n) is 5.32. The van der Waals surface area contributed by atoms with E-state index in [4.69, 9.17) is 16.6 Å². The molecule has 158 valence electrons. The van der Waals surface area contributed by atoms with Crippen LogP contribution < -0.4 is 5.56 Å². The zero-order valence-electron chi connectivity index (χ0n) is 17.5. The van der Waals surface area contributed by atoms with E-state index in [1.807, 2.05) is 86.6 Å². The highest BCUT2D eigenvalue weighted by Gasteiger charge is 2.21. The summed E-state index contributed by atoms with van der Waals surface area (Å²) < 4.78 is 2.53. The fourth-order valence-corrected chi connectivity index (χ4v) is 4.73. The van der Waals surface area contributed by atoms with Crippen LogP contribution in [0.4, 0.5) is 5.69 Å². The molecule has 0 bridgehead atoms. The third kappa shape index (κ3) is 3.57. The van der Waals surface area contributed by atoms with Crippen molar-refractivity contribution in [2.24, 2.45) is 4.99 Å². The monoisotopic (exact) mass is 458 g/mol. The molecule has 0 spiro atoms. The van der Waals surface area contributed by atoms with Crippen molar-refractivity contribution in [3.8, 4) is 16.4 Å². The second-order valence-electron chi connectivity index (χ2n) is 7.41. The van der Waals surface area contributed by atoms with Gasteiger partial charge in [-0.15, -0.1) is 0 Å². The molecule has 0 saturated carbocycles. The van der Waals surface area contributed by atoms with Crippen molar-refractivity contribution >= 4 is 44.6 Å². The second-order valence-corrected chi connectivity index (χ2v) is 8.83. The maximum atomic E-state index is 13.6. The zero-order chi connectivity index (χ0) is 22.2. The predicted octanol–water partition coefficient (Wildman–Crippen LogP) is 6.54. The number of halogens is 1. The van der Waals surface area contributed by atoms with Crippen LogP contribution in [0.15, 0.2) is 82.6 Å². The number of rotatable bonds is 4. The van der Waals surface area contributed by atoms with E-state index in [9.17, 15) is 4.79 Å². The normalized spacial score (nSPS) is 11.9. The van der Waals surface area contributed by atoms with E-state index in [2.05, 4.69) is 10.1 Å². The van der Waals surface area contributed by atoms with Gasteiger partial charge in [0.25, 0.3) is 5.56 Å². The number of hydrogen-bond acceptors (Lipinski definition) is 4. The van der Waals surface area contributed by atoms with E-state index in [0.717, 1.165) is 27.0 Å². The predicted molar refractivity (Wildman–Crippen MR) is 133 cm³/mol. The average Bonchev–Trinajstić information content (AvgIpc) is 3.38. The number of aliphatic imine (C=N–C) groups is 1. The molecule has 0 saturated heterocycles. The highest BCUT2D eigenvalue weighted by Crippen LogP contribution is 2.29. The first-order valence-electron chi connectivity index (χ1n) is 10.1. The van der Waals surface area contributed by atoms with E-state index in [1.54, 1.807) is 0 Å². The Morgan fingerprint density at radius 2 is 1.78 bits per heavy atom. The largest absolute Gasteiger partial charge is 0.288 e. The smallest absolute Gasteiger partial charge is 0.283 e. The van der Waals surface area contributed by atoms with Crippen LogP contribution in [0, 0.1) is 6.92 Å². The van der Waals surface area contributed by atoms with Gasteiger partial charge in [-0.25, -0.2) is 4.98 Å². The lowest BCUT2D eigenvalue weighted by Gasteiger charge is -2.05. The van der Waals surface area contributed by atoms with Gasteiger partial charge in [0, 0.05) is 10.6 Å². The van der Waals surface area contributed by atoms with E-state index < -0.39 is 0 Å². The van der Waals surface area contributed by atoms with Gasteiger partial charge in [0.15, 0.2) is 0 Å². The fraction of sp³-hybridized carbons (Fsp3) is 0.0800. The maximum absolute atomic E-state index is 13.6. The minimum atomic E-state index is -0.191. The van der Waals surface area contributed by atoms with Gasteiger partial charge in [0.2, 0.25) is 5.13 Å². The number of H-pyrrole nitrogens is 1. The Labute approximate surface area is 193 Å². The molecule has 2 heterocycles. The Kier molecular flexibility index (Phi) is 5.25. The van der Waals surface area contributed by atoms with E-state index >= 15 is 0 Å². The zero-order valence-corrected chi connectivity index (χ0v) is 19.0. The number of para-hydroxylation sites is 1. The van der Waals surface area contributed by atoms with Crippen LogP contribution in [-0.2, 0) is 0 Å². The van der Waals surface area contributed by atoms with Crippen LogP contribution in [0.25, 0.3) is 26.6 Å².